The average molecular weight is 564 g/mol. The third-order valence-corrected chi connectivity index (χ3v) is 8.23. The van der Waals surface area contributed by atoms with E-state index in [0.29, 0.717) is 19.6 Å². The van der Waals surface area contributed by atoms with E-state index in [-0.39, 0.29) is 18.1 Å². The molecule has 1 unspecified atom stereocenters. The number of hydrogen-bond acceptors (Lipinski definition) is 3. The molecule has 7 nitrogen and oxygen atoms in total. The van der Waals surface area contributed by atoms with Crippen molar-refractivity contribution in [1.29, 1.82) is 0 Å². The first-order valence-corrected chi connectivity index (χ1v) is 16.0. The fraction of sp³-hybridized carbons (Fsp3) is 0.588. The Morgan fingerprint density at radius 2 is 1.24 bits per heavy atom. The van der Waals surface area contributed by atoms with Crippen molar-refractivity contribution in [2.45, 2.75) is 78.7 Å². The quantitative estimate of drug-likeness (QED) is 0.211. The smallest absolute Gasteiger partial charge is 0.325 e. The fourth-order valence-corrected chi connectivity index (χ4v) is 5.66. The van der Waals surface area contributed by atoms with Crippen LogP contribution in [0.25, 0.3) is 0 Å². The van der Waals surface area contributed by atoms with Crippen LogP contribution in [0.15, 0.2) is 60.7 Å². The van der Waals surface area contributed by atoms with Crippen molar-refractivity contribution < 1.29 is 9.59 Å². The van der Waals surface area contributed by atoms with Gasteiger partial charge in [-0.05, 0) is 56.6 Å². The number of urea groups is 2. The molecule has 1 atom stereocenters. The topological polar surface area (TPSA) is 50.3 Å². The van der Waals surface area contributed by atoms with Crippen LogP contribution >= 0.6 is 0 Å². The maximum atomic E-state index is 14.4. The van der Waals surface area contributed by atoms with Gasteiger partial charge in [0, 0.05) is 39.3 Å². The maximum absolute atomic E-state index is 14.4. The van der Waals surface area contributed by atoms with Gasteiger partial charge in [-0.15, -0.1) is 0 Å². The van der Waals surface area contributed by atoms with Crippen LogP contribution < -0.4 is 4.90 Å². The summed E-state index contributed by atoms with van der Waals surface area (Å²) in [5.41, 5.74) is 1.70. The van der Waals surface area contributed by atoms with E-state index in [1.807, 2.05) is 75.4 Å². The van der Waals surface area contributed by atoms with Gasteiger partial charge < -0.3 is 19.6 Å². The molecule has 4 amide bonds. The molecule has 1 heterocycles. The summed E-state index contributed by atoms with van der Waals surface area (Å²) in [6.07, 6.45) is 7.49. The number of amides is 4. The summed E-state index contributed by atoms with van der Waals surface area (Å²) in [5, 5.41) is 0. The fourth-order valence-electron chi connectivity index (χ4n) is 5.66. The van der Waals surface area contributed by atoms with E-state index in [4.69, 9.17) is 0 Å². The third-order valence-electron chi connectivity index (χ3n) is 8.23. The number of anilines is 2. The number of benzene rings is 2. The zero-order valence-corrected chi connectivity index (χ0v) is 26.0. The van der Waals surface area contributed by atoms with Crippen molar-refractivity contribution in [3.8, 4) is 0 Å². The highest BCUT2D eigenvalue weighted by atomic mass is 16.2. The van der Waals surface area contributed by atoms with Gasteiger partial charge in [-0.25, -0.2) is 9.59 Å². The number of piperazine rings is 1. The van der Waals surface area contributed by atoms with Gasteiger partial charge in [-0.2, -0.15) is 0 Å². The SMILES string of the molecule is CCCCCN(CCCCC)C(=O)N1CCN(C(=O)N(c2ccccc2)c2ccccc2)C(CCN(CC)CC)C1. The van der Waals surface area contributed by atoms with Crippen molar-refractivity contribution in [3.05, 3.63) is 60.7 Å². The van der Waals surface area contributed by atoms with Gasteiger partial charge in [0.25, 0.3) is 0 Å². The van der Waals surface area contributed by atoms with Gasteiger partial charge in [0.1, 0.15) is 0 Å². The highest BCUT2D eigenvalue weighted by molar-refractivity contribution is 5.99. The van der Waals surface area contributed by atoms with E-state index < -0.39 is 0 Å². The minimum atomic E-state index is -0.0520. The van der Waals surface area contributed by atoms with E-state index in [2.05, 4.69) is 37.5 Å². The molecule has 0 aromatic heterocycles. The number of nitrogens with zero attached hydrogens (tertiary/aromatic N) is 5. The normalized spacial score (nSPS) is 15.3. The lowest BCUT2D eigenvalue weighted by Crippen LogP contribution is -2.61. The number of hydrogen-bond donors (Lipinski definition) is 0. The van der Waals surface area contributed by atoms with E-state index in [1.165, 1.54) is 0 Å². The molecule has 1 aliphatic heterocycles. The van der Waals surface area contributed by atoms with Crippen LogP contribution in [0, 0.1) is 0 Å². The molecule has 41 heavy (non-hydrogen) atoms. The Labute approximate surface area is 249 Å². The van der Waals surface area contributed by atoms with Crippen molar-refractivity contribution >= 4 is 23.4 Å². The highest BCUT2D eigenvalue weighted by Gasteiger charge is 2.36. The molecular formula is C34H53N5O2. The second kappa shape index (κ2) is 17.7. The summed E-state index contributed by atoms with van der Waals surface area (Å²) in [6, 6.07) is 19.8. The van der Waals surface area contributed by atoms with E-state index in [9.17, 15) is 9.59 Å². The summed E-state index contributed by atoms with van der Waals surface area (Å²) >= 11 is 0. The van der Waals surface area contributed by atoms with E-state index in [0.717, 1.165) is 89.0 Å². The predicted molar refractivity (Wildman–Crippen MR) is 171 cm³/mol. The van der Waals surface area contributed by atoms with Crippen molar-refractivity contribution in [2.24, 2.45) is 0 Å². The molecule has 226 valence electrons. The van der Waals surface area contributed by atoms with Crippen LogP contribution in [0.2, 0.25) is 0 Å². The molecular weight excluding hydrogens is 510 g/mol. The minimum absolute atomic E-state index is 0.0261. The number of unbranched alkanes of at least 4 members (excludes halogenated alkanes) is 4. The van der Waals surface area contributed by atoms with Crippen LogP contribution in [-0.4, -0.2) is 90.1 Å². The third kappa shape index (κ3) is 9.49. The van der Waals surface area contributed by atoms with E-state index in [1.54, 1.807) is 0 Å². The summed E-state index contributed by atoms with van der Waals surface area (Å²) in [7, 11) is 0. The molecule has 0 spiro atoms. The van der Waals surface area contributed by atoms with Gasteiger partial charge >= 0.3 is 12.1 Å². The first-order chi connectivity index (χ1) is 20.0. The van der Waals surface area contributed by atoms with Gasteiger partial charge in [0.2, 0.25) is 0 Å². The van der Waals surface area contributed by atoms with Crippen molar-refractivity contribution in [1.82, 2.24) is 19.6 Å². The second-order valence-electron chi connectivity index (χ2n) is 11.1. The largest absolute Gasteiger partial charge is 0.329 e. The lowest BCUT2D eigenvalue weighted by atomic mass is 10.1. The molecule has 3 rings (SSSR count). The Morgan fingerprint density at radius 1 is 0.707 bits per heavy atom. The summed E-state index contributed by atoms with van der Waals surface area (Å²) < 4.78 is 0. The average Bonchev–Trinajstić information content (AvgIpc) is 3.01. The molecule has 0 bridgehead atoms. The maximum Gasteiger partial charge on any atom is 0.329 e. The standard InChI is InChI=1S/C34H53N5O2/c1-5-9-17-24-36(25-18-10-6-2)33(40)37-27-28-38(32(29-37)23-26-35(7-3)8-4)34(41)39(30-19-13-11-14-20-30)31-21-15-12-16-22-31/h11-16,19-22,32H,5-10,17-18,23-29H2,1-4H3. The second-order valence-corrected chi connectivity index (χ2v) is 11.1. The Balaban J connectivity index is 1.85. The summed E-state index contributed by atoms with van der Waals surface area (Å²) in [5.74, 6) is 0. The Hall–Kier alpha value is -3.06. The molecule has 7 heteroatoms. The van der Waals surface area contributed by atoms with Crippen molar-refractivity contribution in [3.63, 3.8) is 0 Å². The Morgan fingerprint density at radius 3 is 1.73 bits per heavy atom. The molecule has 0 radical (unpaired) electrons. The minimum Gasteiger partial charge on any atom is -0.325 e. The molecule has 1 saturated heterocycles. The van der Waals surface area contributed by atoms with E-state index >= 15 is 0 Å². The molecule has 0 saturated carbocycles. The van der Waals surface area contributed by atoms with Gasteiger partial charge in [0.15, 0.2) is 0 Å². The van der Waals surface area contributed by atoms with Crippen LogP contribution in [0.5, 0.6) is 0 Å². The lowest BCUT2D eigenvalue weighted by Gasteiger charge is -2.45. The van der Waals surface area contributed by atoms with Gasteiger partial charge in [0.05, 0.1) is 17.4 Å². The van der Waals surface area contributed by atoms with Crippen molar-refractivity contribution in [2.75, 3.05) is 57.3 Å². The van der Waals surface area contributed by atoms with Crippen LogP contribution in [0.1, 0.15) is 72.6 Å². The summed E-state index contributed by atoms with van der Waals surface area (Å²) in [4.78, 5) is 38.6. The molecule has 1 fully saturated rings. The molecule has 0 aliphatic carbocycles. The number of carbonyl (C=O) groups is 2. The zero-order chi connectivity index (χ0) is 29.5. The van der Waals surface area contributed by atoms with Gasteiger partial charge in [-0.3, -0.25) is 4.90 Å². The first kappa shape index (κ1) is 32.5. The Kier molecular flexibility index (Phi) is 14.0. The van der Waals surface area contributed by atoms with Crippen LogP contribution in [-0.2, 0) is 0 Å². The number of carbonyl (C=O) groups excluding carboxylic acids is 2. The predicted octanol–water partition coefficient (Wildman–Crippen LogP) is 7.47. The monoisotopic (exact) mass is 563 g/mol. The first-order valence-electron chi connectivity index (χ1n) is 16.0. The number of rotatable bonds is 15. The zero-order valence-electron chi connectivity index (χ0n) is 26.0. The molecule has 0 N–H and O–H groups in total. The lowest BCUT2D eigenvalue weighted by molar-refractivity contribution is 0.0835. The molecule has 2 aromatic rings. The summed E-state index contributed by atoms with van der Waals surface area (Å²) in [6.45, 7) is 14.9. The molecule has 1 aliphatic rings. The highest BCUT2D eigenvalue weighted by Crippen LogP contribution is 2.29. The van der Waals surface area contributed by atoms with Crippen LogP contribution in [0.4, 0.5) is 21.0 Å². The van der Waals surface area contributed by atoms with Gasteiger partial charge in [-0.1, -0.05) is 89.8 Å². The Bertz CT molecular complexity index is 965. The number of para-hydroxylation sites is 2. The molecule has 2 aromatic carbocycles. The van der Waals surface area contributed by atoms with Crippen LogP contribution in [0.3, 0.4) is 0 Å².